The van der Waals surface area contributed by atoms with Crippen LogP contribution in [0.2, 0.25) is 0 Å². The van der Waals surface area contributed by atoms with Crippen LogP contribution in [0.5, 0.6) is 0 Å². The van der Waals surface area contributed by atoms with Gasteiger partial charge in [-0.1, -0.05) is 18.7 Å². The van der Waals surface area contributed by atoms with Crippen molar-refractivity contribution < 1.29 is 4.74 Å². The Morgan fingerprint density at radius 2 is 2.45 bits per heavy atom. The Hall–Kier alpha value is -1.02. The first-order valence-corrected chi connectivity index (χ1v) is 3.69. The van der Waals surface area contributed by atoms with Gasteiger partial charge >= 0.3 is 0 Å². The number of rotatable bonds is 1. The minimum atomic E-state index is 0.586. The highest BCUT2D eigenvalue weighted by molar-refractivity contribution is 5.28. The van der Waals surface area contributed by atoms with E-state index < -0.39 is 0 Å². The first kappa shape index (κ1) is 8.08. The summed E-state index contributed by atoms with van der Waals surface area (Å²) in [5.74, 6) is 0.891. The monoisotopic (exact) mass is 151 g/mol. The molecule has 0 unspecified atom stereocenters. The number of hydrogen-bond donors (Lipinski definition) is 1. The molecule has 0 bridgehead atoms. The molecule has 1 heterocycles. The molecule has 2 heteroatoms. The molecule has 0 atom stereocenters. The highest BCUT2D eigenvalue weighted by Gasteiger charge is 2.07. The summed E-state index contributed by atoms with van der Waals surface area (Å²) in [6.45, 7) is 7.24. The Balaban J connectivity index is 2.61. The van der Waals surface area contributed by atoms with Crippen LogP contribution in [-0.2, 0) is 4.74 Å². The lowest BCUT2D eigenvalue weighted by atomic mass is 10.2. The standard InChI is InChI=1S/C9H13NO/c1-3-4-5-9-8(2)6-10-7-11-9/h3-5,10H,2,6-7H2,1H3/b4-3-,9-5+. The van der Waals surface area contributed by atoms with E-state index in [2.05, 4.69) is 11.9 Å². The van der Waals surface area contributed by atoms with E-state index in [0.717, 1.165) is 17.9 Å². The van der Waals surface area contributed by atoms with Gasteiger partial charge in [0.1, 0.15) is 12.5 Å². The summed E-state index contributed by atoms with van der Waals surface area (Å²) in [5, 5.41) is 3.05. The number of hydrogen-bond acceptors (Lipinski definition) is 2. The van der Waals surface area contributed by atoms with Gasteiger partial charge in [-0.25, -0.2) is 0 Å². The van der Waals surface area contributed by atoms with Gasteiger partial charge in [-0.15, -0.1) is 0 Å². The van der Waals surface area contributed by atoms with Crippen molar-refractivity contribution in [1.29, 1.82) is 0 Å². The lowest BCUT2D eigenvalue weighted by molar-refractivity contribution is 0.177. The van der Waals surface area contributed by atoms with Crippen molar-refractivity contribution in [2.45, 2.75) is 6.92 Å². The molecule has 60 valence electrons. The van der Waals surface area contributed by atoms with E-state index in [0.29, 0.717) is 6.73 Å². The summed E-state index contributed by atoms with van der Waals surface area (Å²) in [6.07, 6.45) is 5.85. The van der Waals surface area contributed by atoms with Gasteiger partial charge < -0.3 is 4.74 Å². The van der Waals surface area contributed by atoms with Crippen molar-refractivity contribution in [3.05, 3.63) is 36.1 Å². The molecule has 1 aliphatic rings. The predicted octanol–water partition coefficient (Wildman–Crippen LogP) is 1.58. The summed E-state index contributed by atoms with van der Waals surface area (Å²) in [5.41, 5.74) is 1.01. The van der Waals surface area contributed by atoms with E-state index in [1.807, 2.05) is 25.2 Å². The molecule has 1 N–H and O–H groups in total. The number of nitrogens with one attached hydrogen (secondary N) is 1. The van der Waals surface area contributed by atoms with E-state index in [1.54, 1.807) is 0 Å². The Morgan fingerprint density at radius 1 is 1.64 bits per heavy atom. The normalized spacial score (nSPS) is 22.6. The quantitative estimate of drug-likeness (QED) is 0.614. The first-order valence-electron chi connectivity index (χ1n) is 3.69. The van der Waals surface area contributed by atoms with Crippen molar-refractivity contribution in [3.63, 3.8) is 0 Å². The van der Waals surface area contributed by atoms with Crippen LogP contribution in [-0.4, -0.2) is 13.3 Å². The third kappa shape index (κ3) is 2.24. The van der Waals surface area contributed by atoms with Crippen molar-refractivity contribution in [2.24, 2.45) is 0 Å². The minimum absolute atomic E-state index is 0.586. The predicted molar refractivity (Wildman–Crippen MR) is 46.0 cm³/mol. The zero-order valence-corrected chi connectivity index (χ0v) is 6.76. The van der Waals surface area contributed by atoms with E-state index >= 15 is 0 Å². The van der Waals surface area contributed by atoms with Crippen LogP contribution in [0.4, 0.5) is 0 Å². The van der Waals surface area contributed by atoms with Crippen molar-refractivity contribution in [2.75, 3.05) is 13.3 Å². The summed E-state index contributed by atoms with van der Waals surface area (Å²) >= 11 is 0. The average molecular weight is 151 g/mol. The average Bonchev–Trinajstić information content (AvgIpc) is 2.03. The molecule has 0 saturated carbocycles. The molecule has 1 rings (SSSR count). The summed E-state index contributed by atoms with van der Waals surface area (Å²) in [4.78, 5) is 0. The zero-order chi connectivity index (χ0) is 8.10. The fourth-order valence-corrected chi connectivity index (χ4v) is 0.869. The van der Waals surface area contributed by atoms with Crippen LogP contribution < -0.4 is 5.32 Å². The van der Waals surface area contributed by atoms with Crippen molar-refractivity contribution in [1.82, 2.24) is 5.32 Å². The van der Waals surface area contributed by atoms with Gasteiger partial charge in [0.15, 0.2) is 0 Å². The molecular formula is C9H13NO. The number of allylic oxidation sites excluding steroid dienone is 3. The molecule has 2 nitrogen and oxygen atoms in total. The van der Waals surface area contributed by atoms with Gasteiger partial charge in [-0.05, 0) is 13.0 Å². The second-order valence-corrected chi connectivity index (χ2v) is 2.38. The van der Waals surface area contributed by atoms with Crippen LogP contribution in [0.3, 0.4) is 0 Å². The van der Waals surface area contributed by atoms with Gasteiger partial charge in [-0.3, -0.25) is 5.32 Å². The second-order valence-electron chi connectivity index (χ2n) is 2.38. The molecule has 0 spiro atoms. The highest BCUT2D eigenvalue weighted by atomic mass is 16.5. The van der Waals surface area contributed by atoms with Gasteiger partial charge in [0.2, 0.25) is 0 Å². The molecular weight excluding hydrogens is 138 g/mol. The van der Waals surface area contributed by atoms with E-state index in [4.69, 9.17) is 4.74 Å². The Morgan fingerprint density at radius 3 is 3.09 bits per heavy atom. The van der Waals surface area contributed by atoms with E-state index in [9.17, 15) is 0 Å². The summed E-state index contributed by atoms with van der Waals surface area (Å²) < 4.78 is 5.29. The third-order valence-electron chi connectivity index (χ3n) is 1.46. The molecule has 0 aliphatic carbocycles. The SMILES string of the molecule is C=C1CNCO/C1=C/C=C\C. The van der Waals surface area contributed by atoms with Crippen molar-refractivity contribution in [3.8, 4) is 0 Å². The van der Waals surface area contributed by atoms with Crippen LogP contribution in [0.25, 0.3) is 0 Å². The Labute approximate surface area is 67.2 Å². The molecule has 1 aliphatic heterocycles. The van der Waals surface area contributed by atoms with Crippen molar-refractivity contribution >= 4 is 0 Å². The minimum Gasteiger partial charge on any atom is -0.478 e. The molecule has 0 aromatic carbocycles. The summed E-state index contributed by atoms with van der Waals surface area (Å²) in [7, 11) is 0. The van der Waals surface area contributed by atoms with Gasteiger partial charge in [-0.2, -0.15) is 0 Å². The molecule has 1 fully saturated rings. The molecule has 11 heavy (non-hydrogen) atoms. The van der Waals surface area contributed by atoms with Gasteiger partial charge in [0.05, 0.1) is 0 Å². The third-order valence-corrected chi connectivity index (χ3v) is 1.46. The van der Waals surface area contributed by atoms with Crippen LogP contribution >= 0.6 is 0 Å². The molecule has 0 aromatic rings. The molecule has 0 aromatic heterocycles. The Kier molecular flexibility index (Phi) is 2.93. The maximum absolute atomic E-state index is 5.29. The van der Waals surface area contributed by atoms with Crippen LogP contribution in [0.15, 0.2) is 36.1 Å². The molecule has 0 amide bonds. The van der Waals surface area contributed by atoms with Gasteiger partial charge in [0, 0.05) is 12.1 Å². The molecule has 0 radical (unpaired) electrons. The Bertz CT molecular complexity index is 204. The van der Waals surface area contributed by atoms with E-state index in [-0.39, 0.29) is 0 Å². The van der Waals surface area contributed by atoms with Crippen LogP contribution in [0, 0.1) is 0 Å². The fourth-order valence-electron chi connectivity index (χ4n) is 0.869. The lowest BCUT2D eigenvalue weighted by Crippen LogP contribution is -2.27. The maximum atomic E-state index is 5.29. The largest absolute Gasteiger partial charge is 0.478 e. The first-order chi connectivity index (χ1) is 5.34. The molecule has 1 saturated heterocycles. The van der Waals surface area contributed by atoms with Gasteiger partial charge in [0.25, 0.3) is 0 Å². The number of ether oxygens (including phenoxy) is 1. The second kappa shape index (κ2) is 3.98. The zero-order valence-electron chi connectivity index (χ0n) is 6.76. The topological polar surface area (TPSA) is 21.3 Å². The maximum Gasteiger partial charge on any atom is 0.139 e. The van der Waals surface area contributed by atoms with E-state index in [1.165, 1.54) is 0 Å². The summed E-state index contributed by atoms with van der Waals surface area (Å²) in [6, 6.07) is 0. The van der Waals surface area contributed by atoms with Crippen LogP contribution in [0.1, 0.15) is 6.92 Å². The highest BCUT2D eigenvalue weighted by Crippen LogP contribution is 2.11. The smallest absolute Gasteiger partial charge is 0.139 e. The lowest BCUT2D eigenvalue weighted by Gasteiger charge is -2.18. The fraction of sp³-hybridized carbons (Fsp3) is 0.333.